The van der Waals surface area contributed by atoms with Crippen LogP contribution in [-0.2, 0) is 29.2 Å². The molecule has 1 aromatic carbocycles. The zero-order valence-electron chi connectivity index (χ0n) is 18.5. The molecule has 0 aliphatic heterocycles. The summed E-state index contributed by atoms with van der Waals surface area (Å²) in [6, 6.07) is 11.6. The van der Waals surface area contributed by atoms with E-state index in [1.54, 1.807) is 30.5 Å². The van der Waals surface area contributed by atoms with Crippen LogP contribution in [-0.4, -0.2) is 45.4 Å². The van der Waals surface area contributed by atoms with Gasteiger partial charge >= 0.3 is 0 Å². The highest BCUT2D eigenvalue weighted by molar-refractivity contribution is 6.07. The fraction of sp³-hybridized carbons (Fsp3) is 0.375. The topological polar surface area (TPSA) is 82.5 Å². The van der Waals surface area contributed by atoms with E-state index in [1.807, 2.05) is 34.9 Å². The first-order valence-corrected chi connectivity index (χ1v) is 10.9. The van der Waals surface area contributed by atoms with Crippen molar-refractivity contribution in [2.75, 3.05) is 20.3 Å². The molecule has 0 radical (unpaired) electrons. The van der Waals surface area contributed by atoms with Gasteiger partial charge < -0.3 is 18.6 Å². The summed E-state index contributed by atoms with van der Waals surface area (Å²) in [6.07, 6.45) is 4.86. The minimum atomic E-state index is -0.254. The van der Waals surface area contributed by atoms with Crippen LogP contribution in [0.3, 0.4) is 0 Å². The van der Waals surface area contributed by atoms with Gasteiger partial charge in [0.1, 0.15) is 17.8 Å². The maximum Gasteiger partial charge on any atom is 0.291 e. The minimum absolute atomic E-state index is 0.129. The molecule has 0 aliphatic carbocycles. The normalized spacial score (nSPS) is 11.4. The van der Waals surface area contributed by atoms with Crippen molar-refractivity contribution in [2.45, 2.75) is 39.4 Å². The van der Waals surface area contributed by atoms with Gasteiger partial charge in [0.05, 0.1) is 19.0 Å². The lowest BCUT2D eigenvalue weighted by molar-refractivity contribution is -0.133. The summed E-state index contributed by atoms with van der Waals surface area (Å²) in [7, 11) is 1.63. The SMILES string of the molecule is CCCn1c2ccccc2c2cnn(CC(=O)N(CCCOC)Cc3ccco3)c(=O)c21. The third kappa shape index (κ3) is 4.31. The molecule has 3 aromatic heterocycles. The summed E-state index contributed by atoms with van der Waals surface area (Å²) in [5.74, 6) is 0.499. The van der Waals surface area contributed by atoms with E-state index in [2.05, 4.69) is 12.0 Å². The molecule has 8 heteroatoms. The summed E-state index contributed by atoms with van der Waals surface area (Å²) in [5, 5.41) is 6.15. The van der Waals surface area contributed by atoms with E-state index in [0.717, 1.165) is 29.3 Å². The monoisotopic (exact) mass is 436 g/mol. The number of carbonyl (C=O) groups is 1. The first-order chi connectivity index (χ1) is 15.6. The van der Waals surface area contributed by atoms with Crippen LogP contribution in [0.25, 0.3) is 21.8 Å². The number of hydrogen-bond acceptors (Lipinski definition) is 5. The van der Waals surface area contributed by atoms with Crippen molar-refractivity contribution in [3.63, 3.8) is 0 Å². The summed E-state index contributed by atoms with van der Waals surface area (Å²) in [4.78, 5) is 28.2. The Morgan fingerprint density at radius 1 is 1.19 bits per heavy atom. The fourth-order valence-electron chi connectivity index (χ4n) is 4.07. The lowest BCUT2D eigenvalue weighted by Crippen LogP contribution is -2.38. The van der Waals surface area contributed by atoms with Crippen molar-refractivity contribution in [1.82, 2.24) is 19.2 Å². The quantitative estimate of drug-likeness (QED) is 0.356. The molecule has 0 N–H and O–H groups in total. The number of benzene rings is 1. The molecule has 0 aliphatic rings. The number of fused-ring (bicyclic) bond motifs is 3. The van der Waals surface area contributed by atoms with Gasteiger partial charge in [0.25, 0.3) is 5.56 Å². The molecule has 0 unspecified atom stereocenters. The highest BCUT2D eigenvalue weighted by atomic mass is 16.5. The van der Waals surface area contributed by atoms with Crippen LogP contribution in [0.15, 0.2) is 58.1 Å². The molecular formula is C24H28N4O4. The molecule has 32 heavy (non-hydrogen) atoms. The van der Waals surface area contributed by atoms with Gasteiger partial charge in [-0.2, -0.15) is 5.10 Å². The largest absolute Gasteiger partial charge is 0.467 e. The number of furan rings is 1. The van der Waals surface area contributed by atoms with Gasteiger partial charge in [-0.05, 0) is 31.0 Å². The third-order valence-corrected chi connectivity index (χ3v) is 5.56. The van der Waals surface area contributed by atoms with Gasteiger partial charge in [0, 0.05) is 43.1 Å². The summed E-state index contributed by atoms with van der Waals surface area (Å²) in [6.45, 7) is 4.05. The molecule has 0 atom stereocenters. The lowest BCUT2D eigenvalue weighted by atomic mass is 10.2. The summed E-state index contributed by atoms with van der Waals surface area (Å²) < 4.78 is 13.8. The maximum atomic E-state index is 13.4. The molecule has 0 spiro atoms. The summed E-state index contributed by atoms with van der Waals surface area (Å²) >= 11 is 0. The second-order valence-electron chi connectivity index (χ2n) is 7.78. The second-order valence-corrected chi connectivity index (χ2v) is 7.78. The van der Waals surface area contributed by atoms with Gasteiger partial charge in [-0.1, -0.05) is 25.1 Å². The number of aryl methyl sites for hydroxylation is 1. The predicted molar refractivity (Wildman–Crippen MR) is 122 cm³/mol. The summed E-state index contributed by atoms with van der Waals surface area (Å²) in [5.41, 5.74) is 1.34. The molecule has 0 saturated carbocycles. The van der Waals surface area contributed by atoms with Crippen molar-refractivity contribution >= 4 is 27.7 Å². The minimum Gasteiger partial charge on any atom is -0.467 e. The van der Waals surface area contributed by atoms with Gasteiger partial charge in [0.15, 0.2) is 0 Å². The van der Waals surface area contributed by atoms with Crippen molar-refractivity contribution in [2.24, 2.45) is 0 Å². The smallest absolute Gasteiger partial charge is 0.291 e. The lowest BCUT2D eigenvalue weighted by Gasteiger charge is -2.22. The average molecular weight is 437 g/mol. The number of para-hydroxylation sites is 1. The number of aromatic nitrogens is 3. The van der Waals surface area contributed by atoms with E-state index < -0.39 is 0 Å². The second kappa shape index (κ2) is 9.82. The molecule has 4 rings (SSSR count). The van der Waals surface area contributed by atoms with Crippen molar-refractivity contribution in [1.29, 1.82) is 0 Å². The van der Waals surface area contributed by atoms with Crippen molar-refractivity contribution < 1.29 is 13.9 Å². The third-order valence-electron chi connectivity index (χ3n) is 5.56. The molecule has 0 saturated heterocycles. The number of ether oxygens (including phenoxy) is 1. The van der Waals surface area contributed by atoms with E-state index in [1.165, 1.54) is 4.68 Å². The van der Waals surface area contributed by atoms with Crippen LogP contribution in [0.4, 0.5) is 0 Å². The maximum absolute atomic E-state index is 13.4. The van der Waals surface area contributed by atoms with E-state index in [9.17, 15) is 9.59 Å². The van der Waals surface area contributed by atoms with E-state index in [4.69, 9.17) is 9.15 Å². The number of hydrogen-bond donors (Lipinski definition) is 0. The van der Waals surface area contributed by atoms with Gasteiger partial charge in [-0.15, -0.1) is 0 Å². The first-order valence-electron chi connectivity index (χ1n) is 10.9. The Morgan fingerprint density at radius 3 is 2.78 bits per heavy atom. The van der Waals surface area contributed by atoms with Gasteiger partial charge in [-0.25, -0.2) is 4.68 Å². The Balaban J connectivity index is 1.67. The standard InChI is InChI=1S/C24H28N4O4/c1-3-11-27-21-10-5-4-9-19(21)20-15-25-28(24(30)23(20)27)17-22(29)26(12-7-13-31-2)16-18-8-6-14-32-18/h4-6,8-10,14-15H,3,7,11-13,16-17H2,1-2H3. The Hall–Kier alpha value is -3.39. The number of carbonyl (C=O) groups excluding carboxylic acids is 1. The van der Waals surface area contributed by atoms with Crippen LogP contribution in [0.2, 0.25) is 0 Å². The number of nitrogens with zero attached hydrogens (tertiary/aromatic N) is 4. The number of amides is 1. The fourth-order valence-corrected chi connectivity index (χ4v) is 4.07. The Labute approximate surface area is 186 Å². The zero-order chi connectivity index (χ0) is 22.5. The van der Waals surface area contributed by atoms with Crippen LogP contribution < -0.4 is 5.56 Å². The predicted octanol–water partition coefficient (Wildman–Crippen LogP) is 3.42. The molecule has 8 nitrogen and oxygen atoms in total. The highest BCUT2D eigenvalue weighted by Gasteiger charge is 2.20. The van der Waals surface area contributed by atoms with E-state index >= 15 is 0 Å². The van der Waals surface area contributed by atoms with Crippen LogP contribution in [0, 0.1) is 0 Å². The zero-order valence-corrected chi connectivity index (χ0v) is 18.5. The van der Waals surface area contributed by atoms with Crippen molar-refractivity contribution in [3.8, 4) is 0 Å². The highest BCUT2D eigenvalue weighted by Crippen LogP contribution is 2.26. The number of rotatable bonds is 10. The molecule has 0 fully saturated rings. The Bertz CT molecular complexity index is 1260. The first kappa shape index (κ1) is 21.8. The molecule has 168 valence electrons. The molecule has 0 bridgehead atoms. The van der Waals surface area contributed by atoms with E-state index in [0.29, 0.717) is 37.4 Å². The van der Waals surface area contributed by atoms with E-state index in [-0.39, 0.29) is 18.0 Å². The molecule has 4 aromatic rings. The van der Waals surface area contributed by atoms with Crippen LogP contribution in [0.5, 0.6) is 0 Å². The number of methoxy groups -OCH3 is 1. The van der Waals surface area contributed by atoms with Crippen LogP contribution >= 0.6 is 0 Å². The molecule has 1 amide bonds. The average Bonchev–Trinajstić information content (AvgIpc) is 3.42. The Morgan fingerprint density at radius 2 is 2.03 bits per heavy atom. The van der Waals surface area contributed by atoms with Crippen LogP contribution in [0.1, 0.15) is 25.5 Å². The van der Waals surface area contributed by atoms with Crippen molar-refractivity contribution in [3.05, 3.63) is 65.0 Å². The Kier molecular flexibility index (Phi) is 6.70. The molecule has 3 heterocycles. The van der Waals surface area contributed by atoms with Gasteiger partial charge in [-0.3, -0.25) is 9.59 Å². The molecular weight excluding hydrogens is 408 g/mol. The van der Waals surface area contributed by atoms with Gasteiger partial charge in [0.2, 0.25) is 5.91 Å².